The quantitative estimate of drug-likeness (QED) is 0.613. The van der Waals surface area contributed by atoms with Crippen molar-refractivity contribution in [3.8, 4) is 11.1 Å². The van der Waals surface area contributed by atoms with Gasteiger partial charge in [-0.25, -0.2) is 0 Å². The van der Waals surface area contributed by atoms with E-state index in [2.05, 4.69) is 10.6 Å². The molecular weight excluding hydrogens is 348 g/mol. The monoisotopic (exact) mass is 366 g/mol. The van der Waals surface area contributed by atoms with E-state index < -0.39 is 23.8 Å². The van der Waals surface area contributed by atoms with Gasteiger partial charge in [-0.3, -0.25) is 19.2 Å². The topological polar surface area (TPSA) is 113 Å². The van der Waals surface area contributed by atoms with Gasteiger partial charge in [0, 0.05) is 28.8 Å². The van der Waals surface area contributed by atoms with Gasteiger partial charge in [0.15, 0.2) is 5.78 Å². The van der Waals surface area contributed by atoms with Crippen LogP contribution in [0.1, 0.15) is 39.6 Å². The molecule has 1 aliphatic carbocycles. The number of carboxylic acids is 1. The first-order valence-electron chi connectivity index (χ1n) is 8.47. The van der Waals surface area contributed by atoms with Crippen LogP contribution in [0.15, 0.2) is 42.5 Å². The lowest BCUT2D eigenvalue weighted by molar-refractivity contribution is -0.137. The van der Waals surface area contributed by atoms with Crippen LogP contribution in [-0.2, 0) is 9.59 Å². The van der Waals surface area contributed by atoms with Crippen LogP contribution in [0.5, 0.6) is 0 Å². The molecule has 0 unspecified atom stereocenters. The van der Waals surface area contributed by atoms with Crippen LogP contribution < -0.4 is 10.6 Å². The molecule has 0 aliphatic heterocycles. The van der Waals surface area contributed by atoms with Gasteiger partial charge in [-0.05, 0) is 18.6 Å². The van der Waals surface area contributed by atoms with E-state index in [-0.39, 0.29) is 18.7 Å². The number of nitrogens with one attached hydrogen (secondary N) is 2. The maximum absolute atomic E-state index is 12.7. The second-order valence-corrected chi connectivity index (χ2v) is 6.23. The fraction of sp³-hybridized carbons (Fsp3) is 0.200. The van der Waals surface area contributed by atoms with E-state index in [4.69, 9.17) is 5.11 Å². The summed E-state index contributed by atoms with van der Waals surface area (Å²) in [7, 11) is 0. The van der Waals surface area contributed by atoms with Crippen molar-refractivity contribution in [3.63, 3.8) is 0 Å². The number of carbonyl (C=O) groups excluding carboxylic acids is 3. The summed E-state index contributed by atoms with van der Waals surface area (Å²) >= 11 is 0. The van der Waals surface area contributed by atoms with E-state index in [9.17, 15) is 19.2 Å². The second kappa shape index (κ2) is 7.41. The Balaban J connectivity index is 1.79. The zero-order valence-electron chi connectivity index (χ0n) is 14.6. The average Bonchev–Trinajstić information content (AvgIpc) is 2.94. The summed E-state index contributed by atoms with van der Waals surface area (Å²) in [6.45, 7) is 1.49. The summed E-state index contributed by atoms with van der Waals surface area (Å²) in [5.74, 6) is -2.10. The normalized spacial score (nSPS) is 12.7. The standard InChI is InChI=1S/C20H18N2O5/c1-11(19(26)21-10-9-16(23)24)22-20(27)15-8-4-7-14-17(15)12-5-2-3-6-13(12)18(14)25/h2-8,11H,9-10H2,1H3,(H,21,26)(H,22,27)(H,23,24)/t11-/m0/s1. The Hall–Kier alpha value is -3.48. The van der Waals surface area contributed by atoms with E-state index in [0.717, 1.165) is 0 Å². The third kappa shape index (κ3) is 3.57. The fourth-order valence-corrected chi connectivity index (χ4v) is 3.05. The molecule has 0 bridgehead atoms. The molecule has 7 nitrogen and oxygen atoms in total. The van der Waals surface area contributed by atoms with Gasteiger partial charge in [0.1, 0.15) is 6.04 Å². The number of fused-ring (bicyclic) bond motifs is 3. The third-order valence-corrected chi connectivity index (χ3v) is 4.37. The van der Waals surface area contributed by atoms with Gasteiger partial charge in [0.25, 0.3) is 5.91 Å². The molecule has 3 N–H and O–H groups in total. The van der Waals surface area contributed by atoms with Gasteiger partial charge in [-0.15, -0.1) is 0 Å². The highest BCUT2D eigenvalue weighted by atomic mass is 16.4. The summed E-state index contributed by atoms with van der Waals surface area (Å²) in [5.41, 5.74) is 2.58. The summed E-state index contributed by atoms with van der Waals surface area (Å²) < 4.78 is 0. The Morgan fingerprint density at radius 3 is 2.37 bits per heavy atom. The zero-order chi connectivity index (χ0) is 19.6. The molecule has 27 heavy (non-hydrogen) atoms. The highest BCUT2D eigenvalue weighted by molar-refractivity contribution is 6.24. The predicted octanol–water partition coefficient (Wildman–Crippen LogP) is 1.61. The number of hydrogen-bond donors (Lipinski definition) is 3. The highest BCUT2D eigenvalue weighted by Gasteiger charge is 2.30. The number of hydrogen-bond acceptors (Lipinski definition) is 4. The minimum absolute atomic E-state index is 0.0169. The third-order valence-electron chi connectivity index (χ3n) is 4.37. The molecule has 1 aliphatic rings. The predicted molar refractivity (Wildman–Crippen MR) is 97.5 cm³/mol. The molecule has 0 saturated heterocycles. The van der Waals surface area contributed by atoms with Crippen molar-refractivity contribution in [2.24, 2.45) is 0 Å². The molecule has 0 spiro atoms. The number of rotatable bonds is 6. The van der Waals surface area contributed by atoms with Crippen molar-refractivity contribution in [2.45, 2.75) is 19.4 Å². The van der Waals surface area contributed by atoms with Crippen LogP contribution in [0.2, 0.25) is 0 Å². The molecule has 7 heteroatoms. The molecular formula is C20H18N2O5. The van der Waals surface area contributed by atoms with Crippen LogP contribution >= 0.6 is 0 Å². The van der Waals surface area contributed by atoms with Gasteiger partial charge < -0.3 is 15.7 Å². The lowest BCUT2D eigenvalue weighted by Gasteiger charge is -2.15. The van der Waals surface area contributed by atoms with Gasteiger partial charge in [0.05, 0.1) is 6.42 Å². The van der Waals surface area contributed by atoms with Crippen LogP contribution in [0.4, 0.5) is 0 Å². The first kappa shape index (κ1) is 18.3. The SMILES string of the molecule is C[C@H](NC(=O)c1cccc2c1-c1ccccc1C2=O)C(=O)NCCC(=O)O. The van der Waals surface area contributed by atoms with Gasteiger partial charge in [-0.2, -0.15) is 0 Å². The molecule has 1 atom stereocenters. The maximum atomic E-state index is 12.7. The number of ketones is 1. The summed E-state index contributed by atoms with van der Waals surface area (Å²) in [4.78, 5) is 47.7. The number of amides is 2. The molecule has 0 saturated carbocycles. The molecule has 0 heterocycles. The molecule has 2 amide bonds. The van der Waals surface area contributed by atoms with E-state index in [1.165, 1.54) is 6.92 Å². The van der Waals surface area contributed by atoms with Crippen LogP contribution in [-0.4, -0.2) is 41.3 Å². The molecule has 138 valence electrons. The van der Waals surface area contributed by atoms with Crippen LogP contribution in [0.3, 0.4) is 0 Å². The zero-order valence-corrected chi connectivity index (χ0v) is 14.6. The molecule has 2 aromatic carbocycles. The van der Waals surface area contributed by atoms with Crippen molar-refractivity contribution < 1.29 is 24.3 Å². The lowest BCUT2D eigenvalue weighted by atomic mass is 9.98. The first-order valence-corrected chi connectivity index (χ1v) is 8.47. The Morgan fingerprint density at radius 1 is 1.00 bits per heavy atom. The summed E-state index contributed by atoms with van der Waals surface area (Å²) in [5, 5.41) is 13.7. The number of carboxylic acid groups (broad SMARTS) is 1. The fourth-order valence-electron chi connectivity index (χ4n) is 3.05. The Bertz CT molecular complexity index is 951. The number of aliphatic carboxylic acids is 1. The van der Waals surface area contributed by atoms with Crippen LogP contribution in [0, 0.1) is 0 Å². The molecule has 2 aromatic rings. The molecule has 0 fully saturated rings. The minimum Gasteiger partial charge on any atom is -0.481 e. The van der Waals surface area contributed by atoms with Crippen LogP contribution in [0.25, 0.3) is 11.1 Å². The molecule has 0 aromatic heterocycles. The largest absolute Gasteiger partial charge is 0.481 e. The van der Waals surface area contributed by atoms with Crippen molar-refractivity contribution in [1.29, 1.82) is 0 Å². The van der Waals surface area contributed by atoms with E-state index in [1.807, 2.05) is 0 Å². The number of benzene rings is 2. The smallest absolute Gasteiger partial charge is 0.305 e. The lowest BCUT2D eigenvalue weighted by Crippen LogP contribution is -2.45. The van der Waals surface area contributed by atoms with E-state index in [1.54, 1.807) is 42.5 Å². The molecule has 0 radical (unpaired) electrons. The van der Waals surface area contributed by atoms with Crippen molar-refractivity contribution >= 4 is 23.6 Å². The van der Waals surface area contributed by atoms with Gasteiger partial charge >= 0.3 is 5.97 Å². The van der Waals surface area contributed by atoms with Crippen molar-refractivity contribution in [1.82, 2.24) is 10.6 Å². The Kier molecular flexibility index (Phi) is 5.03. The van der Waals surface area contributed by atoms with Gasteiger partial charge in [0.2, 0.25) is 5.91 Å². The van der Waals surface area contributed by atoms with E-state index >= 15 is 0 Å². The Morgan fingerprint density at radius 2 is 1.67 bits per heavy atom. The van der Waals surface area contributed by atoms with E-state index in [0.29, 0.717) is 27.8 Å². The molecule has 3 rings (SSSR count). The van der Waals surface area contributed by atoms with Crippen molar-refractivity contribution in [3.05, 3.63) is 59.2 Å². The second-order valence-electron chi connectivity index (χ2n) is 6.23. The first-order chi connectivity index (χ1) is 12.9. The summed E-state index contributed by atoms with van der Waals surface area (Å²) in [6.07, 6.45) is -0.197. The average molecular weight is 366 g/mol. The summed E-state index contributed by atoms with van der Waals surface area (Å²) in [6, 6.07) is 11.1. The maximum Gasteiger partial charge on any atom is 0.305 e. The number of carbonyl (C=O) groups is 4. The van der Waals surface area contributed by atoms with Gasteiger partial charge in [-0.1, -0.05) is 36.4 Å². The minimum atomic E-state index is -1.02. The highest BCUT2D eigenvalue weighted by Crippen LogP contribution is 2.38. The van der Waals surface area contributed by atoms with Crippen molar-refractivity contribution in [2.75, 3.05) is 6.54 Å². The Labute approximate surface area is 155 Å².